The first-order valence-corrected chi connectivity index (χ1v) is 11.2. The first-order chi connectivity index (χ1) is 14.2. The smallest absolute Gasteiger partial charge is 0.233 e. The monoisotopic (exact) mass is 428 g/mol. The van der Waals surface area contributed by atoms with Crippen molar-refractivity contribution in [1.82, 2.24) is 15.5 Å². The van der Waals surface area contributed by atoms with Gasteiger partial charge in [0.1, 0.15) is 5.75 Å². The van der Waals surface area contributed by atoms with Crippen molar-refractivity contribution in [3.8, 4) is 5.75 Å². The van der Waals surface area contributed by atoms with E-state index in [1.807, 2.05) is 56.3 Å². The molecule has 6 nitrogen and oxygen atoms in total. The number of anilines is 2. The van der Waals surface area contributed by atoms with Crippen molar-refractivity contribution < 1.29 is 9.53 Å². The van der Waals surface area contributed by atoms with Crippen LogP contribution in [0.1, 0.15) is 19.4 Å². The van der Waals surface area contributed by atoms with E-state index < -0.39 is 0 Å². The van der Waals surface area contributed by atoms with Gasteiger partial charge in [-0.3, -0.25) is 4.79 Å². The third kappa shape index (κ3) is 6.47. The Bertz CT molecular complexity index is 918. The van der Waals surface area contributed by atoms with Crippen LogP contribution in [0.4, 0.5) is 10.8 Å². The number of aromatic nitrogens is 2. The number of hydrogen-bond donors (Lipinski definition) is 2. The van der Waals surface area contributed by atoms with E-state index in [9.17, 15) is 4.79 Å². The summed E-state index contributed by atoms with van der Waals surface area (Å²) in [5.74, 6) is 0.767. The summed E-state index contributed by atoms with van der Waals surface area (Å²) in [5, 5.41) is 15.0. The highest BCUT2D eigenvalue weighted by Gasteiger charge is 2.17. The number of carbonyl (C=O) groups is 1. The second-order valence-corrected chi connectivity index (χ2v) is 8.78. The van der Waals surface area contributed by atoms with Crippen LogP contribution in [0.5, 0.6) is 5.75 Å². The molecule has 29 heavy (non-hydrogen) atoms. The maximum Gasteiger partial charge on any atom is 0.233 e. The Morgan fingerprint density at radius 3 is 2.69 bits per heavy atom. The Morgan fingerprint density at radius 1 is 1.14 bits per heavy atom. The number of hydrogen-bond acceptors (Lipinski definition) is 7. The van der Waals surface area contributed by atoms with Crippen molar-refractivity contribution >= 4 is 39.8 Å². The molecule has 0 aliphatic rings. The molecule has 0 saturated heterocycles. The lowest BCUT2D eigenvalue weighted by atomic mass is 10.1. The van der Waals surface area contributed by atoms with E-state index in [-0.39, 0.29) is 11.2 Å². The van der Waals surface area contributed by atoms with Gasteiger partial charge in [0.2, 0.25) is 11.0 Å². The van der Waals surface area contributed by atoms with Gasteiger partial charge in [0.15, 0.2) is 4.34 Å². The number of nitrogens with zero attached hydrogens (tertiary/aromatic N) is 2. The molecular formula is C21H24N4O2S2. The molecule has 1 unspecified atom stereocenters. The first-order valence-electron chi connectivity index (χ1n) is 9.46. The zero-order chi connectivity index (χ0) is 20.5. The molecule has 152 valence electrons. The SMILES string of the molecule is CCOc1ccccc1Nc1nnc(SC(C)C(=O)NCCc2ccccc2)s1. The zero-order valence-electron chi connectivity index (χ0n) is 16.4. The van der Waals surface area contributed by atoms with Crippen LogP contribution in [-0.2, 0) is 11.2 Å². The number of carbonyl (C=O) groups excluding carboxylic acids is 1. The Hall–Kier alpha value is -2.58. The topological polar surface area (TPSA) is 76.1 Å². The number of rotatable bonds is 10. The minimum Gasteiger partial charge on any atom is -0.492 e. The normalized spacial score (nSPS) is 11.7. The second kappa shape index (κ2) is 10.8. The highest BCUT2D eigenvalue weighted by atomic mass is 32.2. The summed E-state index contributed by atoms with van der Waals surface area (Å²) >= 11 is 2.82. The van der Waals surface area contributed by atoms with Gasteiger partial charge in [-0.1, -0.05) is 65.6 Å². The molecule has 1 amide bonds. The van der Waals surface area contributed by atoms with Gasteiger partial charge in [-0.05, 0) is 38.0 Å². The van der Waals surface area contributed by atoms with Crippen molar-refractivity contribution in [3.05, 3.63) is 60.2 Å². The molecule has 3 aromatic rings. The van der Waals surface area contributed by atoms with Crippen LogP contribution in [0.15, 0.2) is 58.9 Å². The summed E-state index contributed by atoms with van der Waals surface area (Å²) in [6, 6.07) is 17.8. The van der Waals surface area contributed by atoms with Crippen molar-refractivity contribution in [2.45, 2.75) is 29.9 Å². The van der Waals surface area contributed by atoms with Gasteiger partial charge in [-0.15, -0.1) is 10.2 Å². The van der Waals surface area contributed by atoms with Crippen LogP contribution < -0.4 is 15.4 Å². The van der Waals surface area contributed by atoms with Gasteiger partial charge >= 0.3 is 0 Å². The zero-order valence-corrected chi connectivity index (χ0v) is 18.1. The molecule has 0 saturated carbocycles. The van der Waals surface area contributed by atoms with Crippen LogP contribution in [0.25, 0.3) is 0 Å². The first kappa shape index (κ1) is 21.1. The maximum absolute atomic E-state index is 12.3. The Balaban J connectivity index is 1.49. The van der Waals surface area contributed by atoms with Gasteiger partial charge in [0.05, 0.1) is 17.5 Å². The lowest BCUT2D eigenvalue weighted by molar-refractivity contribution is -0.120. The fourth-order valence-corrected chi connectivity index (χ4v) is 4.53. The summed E-state index contributed by atoms with van der Waals surface area (Å²) < 4.78 is 6.36. The van der Waals surface area contributed by atoms with E-state index in [2.05, 4.69) is 33.0 Å². The van der Waals surface area contributed by atoms with Crippen LogP contribution in [0.2, 0.25) is 0 Å². The predicted octanol–water partition coefficient (Wildman–Crippen LogP) is 4.52. The second-order valence-electron chi connectivity index (χ2n) is 6.21. The van der Waals surface area contributed by atoms with E-state index in [4.69, 9.17) is 4.74 Å². The summed E-state index contributed by atoms with van der Waals surface area (Å²) in [5.41, 5.74) is 2.05. The van der Waals surface area contributed by atoms with Crippen molar-refractivity contribution in [1.29, 1.82) is 0 Å². The highest BCUT2D eigenvalue weighted by Crippen LogP contribution is 2.33. The van der Waals surface area contributed by atoms with Crippen LogP contribution in [-0.4, -0.2) is 34.5 Å². The number of ether oxygens (including phenoxy) is 1. The number of benzene rings is 2. The van der Waals surface area contributed by atoms with Crippen molar-refractivity contribution in [3.63, 3.8) is 0 Å². The maximum atomic E-state index is 12.3. The molecule has 0 fully saturated rings. The minimum absolute atomic E-state index is 0.00247. The van der Waals surface area contributed by atoms with Crippen LogP contribution >= 0.6 is 23.1 Å². The van der Waals surface area contributed by atoms with Gasteiger partial charge in [0, 0.05) is 6.54 Å². The third-order valence-electron chi connectivity index (χ3n) is 4.04. The predicted molar refractivity (Wildman–Crippen MR) is 119 cm³/mol. The molecule has 8 heteroatoms. The van der Waals surface area contributed by atoms with Crippen molar-refractivity contribution in [2.75, 3.05) is 18.5 Å². The molecule has 1 atom stereocenters. The molecule has 3 rings (SSSR count). The molecule has 1 aromatic heterocycles. The molecule has 0 spiro atoms. The van der Waals surface area contributed by atoms with Crippen LogP contribution in [0, 0.1) is 0 Å². The Morgan fingerprint density at radius 2 is 1.90 bits per heavy atom. The Kier molecular flexibility index (Phi) is 7.89. The van der Waals surface area contributed by atoms with Crippen molar-refractivity contribution in [2.24, 2.45) is 0 Å². The summed E-state index contributed by atoms with van der Waals surface area (Å²) in [6.07, 6.45) is 0.816. The average molecular weight is 429 g/mol. The number of para-hydroxylation sites is 2. The lowest BCUT2D eigenvalue weighted by Gasteiger charge is -2.10. The molecule has 0 aliphatic carbocycles. The van der Waals surface area contributed by atoms with Gasteiger partial charge < -0.3 is 15.4 Å². The number of thioether (sulfide) groups is 1. The third-order valence-corrected chi connectivity index (χ3v) is 6.06. The number of nitrogens with one attached hydrogen (secondary N) is 2. The molecule has 0 aliphatic heterocycles. The molecule has 2 aromatic carbocycles. The summed E-state index contributed by atoms with van der Waals surface area (Å²) in [6.45, 7) is 5.03. The molecule has 2 N–H and O–H groups in total. The standard InChI is InChI=1S/C21H24N4O2S2/c1-3-27-18-12-8-7-11-17(18)23-20-24-25-21(29-20)28-15(2)19(26)22-14-13-16-9-5-4-6-10-16/h4-12,15H,3,13-14H2,1-2H3,(H,22,26)(H,23,24). The fraction of sp³-hybridized carbons (Fsp3) is 0.286. The Labute approximate surface area is 179 Å². The molecule has 0 radical (unpaired) electrons. The van der Waals surface area contributed by atoms with E-state index >= 15 is 0 Å². The summed E-state index contributed by atoms with van der Waals surface area (Å²) in [7, 11) is 0. The quantitative estimate of drug-likeness (QED) is 0.463. The highest BCUT2D eigenvalue weighted by molar-refractivity contribution is 8.02. The summed E-state index contributed by atoms with van der Waals surface area (Å²) in [4.78, 5) is 12.3. The van der Waals surface area contributed by atoms with Gasteiger partial charge in [-0.25, -0.2) is 0 Å². The largest absolute Gasteiger partial charge is 0.492 e. The fourth-order valence-electron chi connectivity index (χ4n) is 2.60. The molecule has 1 heterocycles. The molecule has 0 bridgehead atoms. The lowest BCUT2D eigenvalue weighted by Crippen LogP contribution is -2.32. The van der Waals surface area contributed by atoms with Gasteiger partial charge in [0.25, 0.3) is 0 Å². The molecular weight excluding hydrogens is 404 g/mol. The van der Waals surface area contributed by atoms with E-state index in [1.54, 1.807) is 0 Å². The van der Waals surface area contributed by atoms with E-state index in [1.165, 1.54) is 28.7 Å². The van der Waals surface area contributed by atoms with Crippen LogP contribution in [0.3, 0.4) is 0 Å². The van der Waals surface area contributed by atoms with E-state index in [0.717, 1.165) is 22.2 Å². The number of amides is 1. The average Bonchev–Trinajstić information content (AvgIpc) is 3.17. The van der Waals surface area contributed by atoms with E-state index in [0.29, 0.717) is 18.3 Å². The van der Waals surface area contributed by atoms with Gasteiger partial charge in [-0.2, -0.15) is 0 Å². The minimum atomic E-state index is -0.248.